The number of benzene rings is 1. The molecule has 5 heteroatoms. The summed E-state index contributed by atoms with van der Waals surface area (Å²) in [6, 6.07) is 5.53. The molecule has 0 amide bonds. The fraction of sp³-hybridized carbons (Fsp3) is 0.125. The zero-order valence-corrected chi connectivity index (χ0v) is 9.85. The first-order valence-corrected chi connectivity index (χ1v) is 5.09. The van der Waals surface area contributed by atoms with E-state index in [1.165, 1.54) is 0 Å². The zero-order chi connectivity index (χ0) is 9.84. The number of nitrogens with one attached hydrogen (secondary N) is 1. The molecule has 13 heavy (non-hydrogen) atoms. The van der Waals surface area contributed by atoms with Crippen LogP contribution in [0.25, 0.3) is 0 Å². The molecule has 0 fully saturated rings. The molecule has 0 radical (unpaired) electrons. The fourth-order valence-corrected chi connectivity index (χ4v) is 1.91. The van der Waals surface area contributed by atoms with E-state index in [9.17, 15) is 0 Å². The Balaban J connectivity index is 2.72. The highest BCUT2D eigenvalue weighted by molar-refractivity contribution is 9.11. The number of rotatable bonds is 3. The predicted molar refractivity (Wildman–Crippen MR) is 59.3 cm³/mol. The second-order valence-corrected chi connectivity index (χ2v) is 4.16. The van der Waals surface area contributed by atoms with Crippen molar-refractivity contribution in [3.05, 3.63) is 27.1 Å². The normalized spacial score (nSPS) is 9.69. The molecule has 0 aliphatic rings. The summed E-state index contributed by atoms with van der Waals surface area (Å²) in [4.78, 5) is 0. The van der Waals surface area contributed by atoms with E-state index < -0.39 is 0 Å². The topological polar surface area (TPSA) is 59.1 Å². The minimum absolute atomic E-state index is 0.00909. The van der Waals surface area contributed by atoms with Crippen LogP contribution in [0.2, 0.25) is 0 Å². The van der Waals surface area contributed by atoms with Crippen molar-refractivity contribution >= 4 is 37.7 Å². The average molecular weight is 308 g/mol. The Morgan fingerprint density at radius 1 is 1.46 bits per heavy atom. The molecule has 0 heterocycles. The largest absolute Gasteiger partial charge is 0.485 e. The minimum Gasteiger partial charge on any atom is -0.485 e. The third-order valence-electron chi connectivity index (χ3n) is 1.28. The summed E-state index contributed by atoms with van der Waals surface area (Å²) in [7, 11) is 0. The van der Waals surface area contributed by atoms with E-state index in [1.807, 2.05) is 12.1 Å². The molecule has 3 nitrogen and oxygen atoms in total. The SMILES string of the molecule is N=C(N)COc1ccc(Br)cc1Br. The Hall–Kier alpha value is -0.550. The number of ether oxygens (including phenoxy) is 1. The van der Waals surface area contributed by atoms with Crippen LogP contribution in [0.4, 0.5) is 0 Å². The van der Waals surface area contributed by atoms with Gasteiger partial charge in [0.15, 0.2) is 0 Å². The van der Waals surface area contributed by atoms with Crippen molar-refractivity contribution in [1.82, 2.24) is 0 Å². The Kier molecular flexibility index (Phi) is 3.74. The van der Waals surface area contributed by atoms with E-state index in [0.29, 0.717) is 5.75 Å². The van der Waals surface area contributed by atoms with Gasteiger partial charge < -0.3 is 10.5 Å². The fourth-order valence-electron chi connectivity index (χ4n) is 0.748. The third-order valence-corrected chi connectivity index (χ3v) is 2.39. The van der Waals surface area contributed by atoms with Gasteiger partial charge in [-0.25, -0.2) is 0 Å². The lowest BCUT2D eigenvalue weighted by Gasteiger charge is -2.06. The van der Waals surface area contributed by atoms with Crippen LogP contribution >= 0.6 is 31.9 Å². The van der Waals surface area contributed by atoms with Crippen molar-refractivity contribution in [1.29, 1.82) is 5.41 Å². The van der Waals surface area contributed by atoms with Crippen molar-refractivity contribution in [3.8, 4) is 5.75 Å². The van der Waals surface area contributed by atoms with Gasteiger partial charge in [-0.2, -0.15) is 0 Å². The molecule has 0 bridgehead atoms. The summed E-state index contributed by atoms with van der Waals surface area (Å²) < 4.78 is 7.04. The number of halogens is 2. The first-order valence-electron chi connectivity index (χ1n) is 3.50. The molecule has 1 aromatic carbocycles. The molecule has 0 unspecified atom stereocenters. The molecule has 0 spiro atoms. The van der Waals surface area contributed by atoms with Crippen molar-refractivity contribution in [2.24, 2.45) is 5.73 Å². The first kappa shape index (κ1) is 10.5. The van der Waals surface area contributed by atoms with Crippen LogP contribution in [0, 0.1) is 5.41 Å². The zero-order valence-electron chi connectivity index (χ0n) is 6.68. The van der Waals surface area contributed by atoms with Gasteiger partial charge in [-0.3, -0.25) is 5.41 Å². The second kappa shape index (κ2) is 4.62. The summed E-state index contributed by atoms with van der Waals surface area (Å²) in [6.07, 6.45) is 0. The lowest BCUT2D eigenvalue weighted by molar-refractivity contribution is 0.372. The highest BCUT2D eigenvalue weighted by Crippen LogP contribution is 2.27. The maximum absolute atomic E-state index is 6.98. The van der Waals surface area contributed by atoms with Crippen LogP contribution in [0.3, 0.4) is 0 Å². The molecule has 0 aliphatic carbocycles. The van der Waals surface area contributed by atoms with Crippen LogP contribution in [-0.4, -0.2) is 12.4 Å². The molecular formula is C8H8Br2N2O. The maximum Gasteiger partial charge on any atom is 0.145 e. The summed E-state index contributed by atoms with van der Waals surface area (Å²) in [5.41, 5.74) is 5.15. The lowest BCUT2D eigenvalue weighted by atomic mass is 10.3. The summed E-state index contributed by atoms with van der Waals surface area (Å²) in [5, 5.41) is 6.98. The highest BCUT2D eigenvalue weighted by atomic mass is 79.9. The van der Waals surface area contributed by atoms with E-state index in [0.717, 1.165) is 8.95 Å². The Morgan fingerprint density at radius 3 is 2.69 bits per heavy atom. The number of hydrogen-bond donors (Lipinski definition) is 2. The quantitative estimate of drug-likeness (QED) is 0.666. The number of amidine groups is 1. The van der Waals surface area contributed by atoms with Crippen molar-refractivity contribution in [2.45, 2.75) is 0 Å². The Morgan fingerprint density at radius 2 is 2.15 bits per heavy atom. The molecule has 1 aromatic rings. The smallest absolute Gasteiger partial charge is 0.145 e. The van der Waals surface area contributed by atoms with E-state index in [-0.39, 0.29) is 12.4 Å². The van der Waals surface area contributed by atoms with Crippen molar-refractivity contribution in [3.63, 3.8) is 0 Å². The van der Waals surface area contributed by atoms with Crippen molar-refractivity contribution in [2.75, 3.05) is 6.61 Å². The van der Waals surface area contributed by atoms with Crippen LogP contribution in [0.15, 0.2) is 27.1 Å². The molecule has 70 valence electrons. The van der Waals surface area contributed by atoms with Gasteiger partial charge in [-0.1, -0.05) is 15.9 Å². The van der Waals surface area contributed by atoms with Gasteiger partial charge in [0.25, 0.3) is 0 Å². The van der Waals surface area contributed by atoms with Gasteiger partial charge in [-0.15, -0.1) is 0 Å². The van der Waals surface area contributed by atoms with E-state index in [2.05, 4.69) is 31.9 Å². The van der Waals surface area contributed by atoms with E-state index in [4.69, 9.17) is 15.9 Å². The van der Waals surface area contributed by atoms with Crippen LogP contribution in [0.5, 0.6) is 5.75 Å². The number of nitrogens with two attached hydrogens (primary N) is 1. The maximum atomic E-state index is 6.98. The molecule has 0 aromatic heterocycles. The minimum atomic E-state index is 0.00909. The van der Waals surface area contributed by atoms with Gasteiger partial charge in [-0.05, 0) is 34.1 Å². The summed E-state index contributed by atoms with van der Waals surface area (Å²) >= 11 is 6.65. The molecule has 0 saturated heterocycles. The standard InChI is InChI=1S/C8H8Br2N2O/c9-5-1-2-7(6(10)3-5)13-4-8(11)12/h1-3H,4H2,(H3,11,12). The molecule has 0 atom stereocenters. The second-order valence-electron chi connectivity index (χ2n) is 2.39. The average Bonchev–Trinajstić information content (AvgIpc) is 2.02. The molecular weight excluding hydrogens is 300 g/mol. The van der Waals surface area contributed by atoms with Crippen LogP contribution in [0.1, 0.15) is 0 Å². The summed E-state index contributed by atoms with van der Waals surface area (Å²) in [6.45, 7) is 0.111. The highest BCUT2D eigenvalue weighted by Gasteiger charge is 2.01. The van der Waals surface area contributed by atoms with E-state index in [1.54, 1.807) is 6.07 Å². The summed E-state index contributed by atoms with van der Waals surface area (Å²) in [5.74, 6) is 0.688. The van der Waals surface area contributed by atoms with Gasteiger partial charge in [0, 0.05) is 4.47 Å². The monoisotopic (exact) mass is 306 g/mol. The van der Waals surface area contributed by atoms with Gasteiger partial charge in [0.05, 0.1) is 4.47 Å². The van der Waals surface area contributed by atoms with Crippen LogP contribution < -0.4 is 10.5 Å². The lowest BCUT2D eigenvalue weighted by Crippen LogP contribution is -2.19. The predicted octanol–water partition coefficient (Wildman–Crippen LogP) is 2.53. The van der Waals surface area contributed by atoms with Crippen molar-refractivity contribution < 1.29 is 4.74 Å². The van der Waals surface area contributed by atoms with Gasteiger partial charge >= 0.3 is 0 Å². The van der Waals surface area contributed by atoms with Crippen LogP contribution in [-0.2, 0) is 0 Å². The molecule has 0 saturated carbocycles. The Labute approximate surface area is 93.0 Å². The molecule has 3 N–H and O–H groups in total. The molecule has 1 rings (SSSR count). The number of hydrogen-bond acceptors (Lipinski definition) is 2. The first-order chi connectivity index (χ1) is 6.09. The third kappa shape index (κ3) is 3.36. The van der Waals surface area contributed by atoms with Gasteiger partial charge in [0.2, 0.25) is 0 Å². The Bertz CT molecular complexity index is 328. The van der Waals surface area contributed by atoms with Gasteiger partial charge in [0.1, 0.15) is 18.2 Å². The molecule has 0 aliphatic heterocycles. The van der Waals surface area contributed by atoms with E-state index >= 15 is 0 Å².